The molecule has 0 aliphatic rings. The Hall–Kier alpha value is -2.31. The molecule has 7 heteroatoms. The van der Waals surface area contributed by atoms with Crippen molar-refractivity contribution in [1.29, 1.82) is 0 Å². The standard InChI is InChI=1S/C11H10F2N4O/c1-6-14-11(17-16-6)15-10(18)5-7-8(12)3-2-4-9(7)13/h2-4H,5H2,1H3,(H2,14,15,16,17,18). The lowest BCUT2D eigenvalue weighted by Gasteiger charge is -2.04. The van der Waals surface area contributed by atoms with Gasteiger partial charge in [0.05, 0.1) is 6.42 Å². The molecule has 0 spiro atoms. The number of aromatic amines is 1. The number of carbonyl (C=O) groups excluding carboxylic acids is 1. The minimum atomic E-state index is -0.753. The third kappa shape index (κ3) is 2.68. The van der Waals surface area contributed by atoms with Crippen LogP contribution in [0.2, 0.25) is 0 Å². The number of H-pyrrole nitrogens is 1. The van der Waals surface area contributed by atoms with Crippen molar-refractivity contribution in [3.63, 3.8) is 0 Å². The van der Waals surface area contributed by atoms with Gasteiger partial charge in [-0.15, -0.1) is 5.10 Å². The van der Waals surface area contributed by atoms with Gasteiger partial charge >= 0.3 is 0 Å². The minimum absolute atomic E-state index is 0.0780. The summed E-state index contributed by atoms with van der Waals surface area (Å²) in [6.07, 6.45) is -0.411. The summed E-state index contributed by atoms with van der Waals surface area (Å²) in [5.41, 5.74) is -0.276. The van der Waals surface area contributed by atoms with E-state index in [4.69, 9.17) is 0 Å². The Morgan fingerprint density at radius 1 is 1.39 bits per heavy atom. The Balaban J connectivity index is 2.08. The smallest absolute Gasteiger partial charge is 0.248 e. The molecule has 0 radical (unpaired) electrons. The number of amides is 1. The number of hydrogen-bond acceptors (Lipinski definition) is 3. The average Bonchev–Trinajstić information content (AvgIpc) is 2.69. The first-order chi connectivity index (χ1) is 8.56. The zero-order valence-corrected chi connectivity index (χ0v) is 9.50. The van der Waals surface area contributed by atoms with Crippen molar-refractivity contribution in [2.75, 3.05) is 5.32 Å². The van der Waals surface area contributed by atoms with Gasteiger partial charge in [-0.05, 0) is 19.1 Å². The normalized spacial score (nSPS) is 10.4. The van der Waals surface area contributed by atoms with Crippen molar-refractivity contribution in [1.82, 2.24) is 15.2 Å². The van der Waals surface area contributed by atoms with Crippen molar-refractivity contribution in [2.45, 2.75) is 13.3 Å². The van der Waals surface area contributed by atoms with E-state index in [9.17, 15) is 13.6 Å². The molecule has 0 unspecified atom stereocenters. The van der Waals surface area contributed by atoms with Crippen LogP contribution in [0.4, 0.5) is 14.7 Å². The third-order valence-corrected chi connectivity index (χ3v) is 2.25. The van der Waals surface area contributed by atoms with Crippen LogP contribution in [0.3, 0.4) is 0 Å². The first-order valence-electron chi connectivity index (χ1n) is 5.18. The molecule has 94 valence electrons. The van der Waals surface area contributed by atoms with Crippen LogP contribution in [0.25, 0.3) is 0 Å². The van der Waals surface area contributed by atoms with Gasteiger partial charge in [0, 0.05) is 5.56 Å². The molecule has 0 fully saturated rings. The number of carbonyl (C=O) groups is 1. The van der Waals surface area contributed by atoms with Crippen LogP contribution in [0.5, 0.6) is 0 Å². The maximum atomic E-state index is 13.3. The molecule has 2 aromatic rings. The molecule has 2 N–H and O–H groups in total. The molecule has 1 amide bonds. The molecule has 0 aliphatic heterocycles. The van der Waals surface area contributed by atoms with E-state index in [1.54, 1.807) is 6.92 Å². The first-order valence-corrected chi connectivity index (χ1v) is 5.18. The van der Waals surface area contributed by atoms with Crippen LogP contribution < -0.4 is 5.32 Å². The molecule has 1 aromatic heterocycles. The fourth-order valence-electron chi connectivity index (χ4n) is 1.43. The van der Waals surface area contributed by atoms with Gasteiger partial charge in [-0.3, -0.25) is 15.2 Å². The topological polar surface area (TPSA) is 70.7 Å². The second kappa shape index (κ2) is 4.91. The highest BCUT2D eigenvalue weighted by atomic mass is 19.1. The Labute approximate surface area is 101 Å². The zero-order valence-electron chi connectivity index (χ0n) is 9.50. The number of hydrogen-bond donors (Lipinski definition) is 2. The predicted octanol–water partition coefficient (Wildman–Crippen LogP) is 1.57. The maximum absolute atomic E-state index is 13.3. The van der Waals surface area contributed by atoms with Crippen LogP contribution >= 0.6 is 0 Å². The van der Waals surface area contributed by atoms with E-state index in [2.05, 4.69) is 20.5 Å². The zero-order chi connectivity index (χ0) is 13.1. The lowest BCUT2D eigenvalue weighted by molar-refractivity contribution is -0.115. The second-order valence-electron chi connectivity index (χ2n) is 3.67. The largest absolute Gasteiger partial charge is 0.293 e. The van der Waals surface area contributed by atoms with E-state index in [0.29, 0.717) is 5.82 Å². The average molecular weight is 252 g/mol. The van der Waals surface area contributed by atoms with Crippen LogP contribution in [0.1, 0.15) is 11.4 Å². The summed E-state index contributed by atoms with van der Waals surface area (Å²) in [5.74, 6) is -1.48. The van der Waals surface area contributed by atoms with E-state index >= 15 is 0 Å². The monoisotopic (exact) mass is 252 g/mol. The molecule has 0 bridgehead atoms. The Kier molecular flexibility index (Phi) is 3.31. The lowest BCUT2D eigenvalue weighted by atomic mass is 10.1. The molecule has 0 saturated carbocycles. The Morgan fingerprint density at radius 2 is 2.06 bits per heavy atom. The first kappa shape index (κ1) is 12.2. The number of rotatable bonds is 3. The number of nitrogens with zero attached hydrogens (tertiary/aromatic N) is 2. The van der Waals surface area contributed by atoms with Crippen molar-refractivity contribution in [3.8, 4) is 0 Å². The number of anilines is 1. The molecular formula is C11H10F2N4O. The number of nitrogens with one attached hydrogen (secondary N) is 2. The highest BCUT2D eigenvalue weighted by Crippen LogP contribution is 2.13. The molecule has 2 rings (SSSR count). The number of aryl methyl sites for hydroxylation is 1. The van der Waals surface area contributed by atoms with Crippen LogP contribution in [0, 0.1) is 18.6 Å². The van der Waals surface area contributed by atoms with E-state index < -0.39 is 24.0 Å². The van der Waals surface area contributed by atoms with E-state index in [1.807, 2.05) is 0 Å². The van der Waals surface area contributed by atoms with Crippen LogP contribution in [-0.2, 0) is 11.2 Å². The summed E-state index contributed by atoms with van der Waals surface area (Å²) in [5, 5.41) is 8.56. The van der Waals surface area contributed by atoms with Gasteiger partial charge in [-0.1, -0.05) is 6.07 Å². The third-order valence-electron chi connectivity index (χ3n) is 2.25. The highest BCUT2D eigenvalue weighted by Gasteiger charge is 2.14. The predicted molar refractivity (Wildman–Crippen MR) is 59.8 cm³/mol. The second-order valence-corrected chi connectivity index (χ2v) is 3.67. The fraction of sp³-hybridized carbons (Fsp3) is 0.182. The Morgan fingerprint density at radius 3 is 2.61 bits per heavy atom. The molecule has 0 saturated heterocycles. The summed E-state index contributed by atoms with van der Waals surface area (Å²) >= 11 is 0. The van der Waals surface area contributed by atoms with Crippen LogP contribution in [-0.4, -0.2) is 21.1 Å². The quantitative estimate of drug-likeness (QED) is 0.871. The van der Waals surface area contributed by atoms with Crippen molar-refractivity contribution in [2.24, 2.45) is 0 Å². The summed E-state index contributed by atoms with van der Waals surface area (Å²) in [6, 6.07) is 3.44. The molecule has 0 atom stereocenters. The van der Waals surface area contributed by atoms with Crippen molar-refractivity contribution in [3.05, 3.63) is 41.2 Å². The molecule has 5 nitrogen and oxygen atoms in total. The fourth-order valence-corrected chi connectivity index (χ4v) is 1.43. The van der Waals surface area contributed by atoms with Gasteiger partial charge < -0.3 is 0 Å². The lowest BCUT2D eigenvalue weighted by Crippen LogP contribution is -2.17. The summed E-state index contributed by atoms with van der Waals surface area (Å²) in [4.78, 5) is 15.4. The molecule has 18 heavy (non-hydrogen) atoms. The van der Waals surface area contributed by atoms with Gasteiger partial charge in [0.2, 0.25) is 11.9 Å². The molecule has 0 aliphatic carbocycles. The molecular weight excluding hydrogens is 242 g/mol. The number of benzene rings is 1. The maximum Gasteiger partial charge on any atom is 0.248 e. The van der Waals surface area contributed by atoms with Crippen molar-refractivity contribution >= 4 is 11.9 Å². The van der Waals surface area contributed by atoms with Gasteiger partial charge in [0.15, 0.2) is 0 Å². The SMILES string of the molecule is Cc1nc(NC(=O)Cc2c(F)cccc2F)n[nH]1. The van der Waals surface area contributed by atoms with Gasteiger partial charge in [-0.25, -0.2) is 8.78 Å². The summed E-state index contributed by atoms with van der Waals surface area (Å²) in [6.45, 7) is 1.67. The van der Waals surface area contributed by atoms with E-state index in [-0.39, 0.29) is 11.5 Å². The number of halogens is 2. The van der Waals surface area contributed by atoms with Gasteiger partial charge in [0.25, 0.3) is 0 Å². The number of aromatic nitrogens is 3. The molecule has 1 heterocycles. The van der Waals surface area contributed by atoms with Crippen molar-refractivity contribution < 1.29 is 13.6 Å². The highest BCUT2D eigenvalue weighted by molar-refractivity contribution is 5.90. The van der Waals surface area contributed by atoms with Gasteiger partial charge in [-0.2, -0.15) is 4.98 Å². The summed E-state index contributed by atoms with van der Waals surface area (Å²) in [7, 11) is 0. The molecule has 1 aromatic carbocycles. The van der Waals surface area contributed by atoms with Crippen LogP contribution in [0.15, 0.2) is 18.2 Å². The summed E-state index contributed by atoms with van der Waals surface area (Å²) < 4.78 is 26.6. The van der Waals surface area contributed by atoms with E-state index in [1.165, 1.54) is 6.07 Å². The Bertz CT molecular complexity index is 562. The van der Waals surface area contributed by atoms with E-state index in [0.717, 1.165) is 12.1 Å². The minimum Gasteiger partial charge on any atom is -0.293 e. The van der Waals surface area contributed by atoms with Gasteiger partial charge in [0.1, 0.15) is 17.5 Å².